The lowest BCUT2D eigenvalue weighted by Gasteiger charge is -2.10. The lowest BCUT2D eigenvalue weighted by molar-refractivity contribution is 0.363. The van der Waals surface area contributed by atoms with E-state index in [1.807, 2.05) is 36.4 Å². The van der Waals surface area contributed by atoms with Gasteiger partial charge < -0.3 is 4.74 Å². The minimum absolute atomic E-state index is 0.563. The van der Waals surface area contributed by atoms with E-state index in [2.05, 4.69) is 44.2 Å². The molecule has 0 unspecified atom stereocenters. The molecule has 0 aliphatic rings. The van der Waals surface area contributed by atoms with E-state index in [1.165, 1.54) is 5.56 Å². The smallest absolute Gasteiger partial charge is 0.127 e. The summed E-state index contributed by atoms with van der Waals surface area (Å²) in [5.41, 5.74) is 2.33. The van der Waals surface area contributed by atoms with Crippen LogP contribution < -0.4 is 4.74 Å². The Labute approximate surface area is 115 Å². The maximum absolute atomic E-state index is 5.86. The second-order valence-electron chi connectivity index (χ2n) is 4.85. The van der Waals surface area contributed by atoms with Gasteiger partial charge in [-0.25, -0.2) is 0 Å². The third-order valence-corrected chi connectivity index (χ3v) is 2.83. The van der Waals surface area contributed by atoms with Crippen molar-refractivity contribution in [1.29, 1.82) is 0 Å². The van der Waals surface area contributed by atoms with Gasteiger partial charge in [-0.3, -0.25) is 0 Å². The second kappa shape index (κ2) is 6.79. The molecular weight excluding hydrogens is 232 g/mol. The number of hydrogen-bond donors (Lipinski definition) is 0. The highest BCUT2D eigenvalue weighted by atomic mass is 16.5. The van der Waals surface area contributed by atoms with Crippen molar-refractivity contribution in [3.63, 3.8) is 0 Å². The van der Waals surface area contributed by atoms with Crippen LogP contribution in [0.2, 0.25) is 0 Å². The van der Waals surface area contributed by atoms with E-state index in [-0.39, 0.29) is 0 Å². The van der Waals surface area contributed by atoms with Crippen molar-refractivity contribution in [2.75, 3.05) is 6.61 Å². The molecule has 2 aromatic carbocycles. The van der Waals surface area contributed by atoms with E-state index in [1.54, 1.807) is 0 Å². The first-order chi connectivity index (χ1) is 9.27. The third-order valence-electron chi connectivity index (χ3n) is 2.83. The predicted molar refractivity (Wildman–Crippen MR) is 81.4 cm³/mol. The average molecular weight is 252 g/mol. The monoisotopic (exact) mass is 252 g/mol. The summed E-state index contributed by atoms with van der Waals surface area (Å²) in [5.74, 6) is 1.50. The molecule has 1 heteroatoms. The van der Waals surface area contributed by atoms with Gasteiger partial charge in [0.25, 0.3) is 0 Å². The highest BCUT2D eigenvalue weighted by Gasteiger charge is 2.04. The first-order valence-electron chi connectivity index (χ1n) is 6.71. The molecule has 0 atom stereocenters. The van der Waals surface area contributed by atoms with Crippen LogP contribution in [-0.4, -0.2) is 6.61 Å². The maximum atomic E-state index is 5.86. The first-order valence-corrected chi connectivity index (χ1v) is 6.71. The lowest BCUT2D eigenvalue weighted by atomic mass is 10.1. The largest absolute Gasteiger partial charge is 0.489 e. The molecule has 0 saturated heterocycles. The van der Waals surface area contributed by atoms with Crippen molar-refractivity contribution < 1.29 is 4.74 Å². The molecule has 0 N–H and O–H groups in total. The van der Waals surface area contributed by atoms with E-state index in [0.29, 0.717) is 12.5 Å². The summed E-state index contributed by atoms with van der Waals surface area (Å²) in [6.07, 6.45) is 4.23. The van der Waals surface area contributed by atoms with Crippen LogP contribution in [0.15, 0.2) is 66.7 Å². The SMILES string of the molecule is CC(C)/C=C/COc1ccccc1-c1ccccc1. The fraction of sp³-hybridized carbons (Fsp3) is 0.222. The van der Waals surface area contributed by atoms with Crippen molar-refractivity contribution in [2.45, 2.75) is 13.8 Å². The molecule has 0 heterocycles. The molecule has 0 bridgehead atoms. The minimum Gasteiger partial charge on any atom is -0.489 e. The molecule has 0 spiro atoms. The van der Waals surface area contributed by atoms with Crippen LogP contribution in [0.25, 0.3) is 11.1 Å². The maximum Gasteiger partial charge on any atom is 0.127 e. The van der Waals surface area contributed by atoms with Crippen LogP contribution in [0.5, 0.6) is 5.75 Å². The van der Waals surface area contributed by atoms with Crippen LogP contribution >= 0.6 is 0 Å². The molecule has 0 aliphatic heterocycles. The van der Waals surface area contributed by atoms with E-state index in [9.17, 15) is 0 Å². The fourth-order valence-corrected chi connectivity index (χ4v) is 1.91. The van der Waals surface area contributed by atoms with Crippen molar-refractivity contribution in [3.05, 3.63) is 66.7 Å². The summed E-state index contributed by atoms with van der Waals surface area (Å²) in [5, 5.41) is 0. The molecule has 2 aromatic rings. The van der Waals surface area contributed by atoms with Gasteiger partial charge in [-0.1, -0.05) is 74.5 Å². The normalized spacial score (nSPS) is 11.1. The standard InChI is InChI=1S/C18H20O/c1-15(2)9-8-14-19-18-13-7-6-12-17(18)16-10-4-3-5-11-16/h3-13,15H,14H2,1-2H3/b9-8+. The van der Waals surface area contributed by atoms with Crippen molar-refractivity contribution in [3.8, 4) is 16.9 Å². The summed E-state index contributed by atoms with van der Waals surface area (Å²) >= 11 is 0. The minimum atomic E-state index is 0.563. The number of allylic oxidation sites excluding steroid dienone is 1. The zero-order valence-corrected chi connectivity index (χ0v) is 11.5. The molecule has 98 valence electrons. The van der Waals surface area contributed by atoms with Gasteiger partial charge in [0.05, 0.1) is 0 Å². The molecule has 0 amide bonds. The van der Waals surface area contributed by atoms with Crippen LogP contribution in [0, 0.1) is 5.92 Å². The summed E-state index contributed by atoms with van der Waals surface area (Å²) in [6.45, 7) is 4.94. The Kier molecular flexibility index (Phi) is 4.79. The second-order valence-corrected chi connectivity index (χ2v) is 4.85. The summed E-state index contributed by atoms with van der Waals surface area (Å²) in [4.78, 5) is 0. The summed E-state index contributed by atoms with van der Waals surface area (Å²) in [6, 6.07) is 18.5. The Bertz CT molecular complexity index is 526. The average Bonchev–Trinajstić information content (AvgIpc) is 2.45. The molecular formula is C18H20O. The topological polar surface area (TPSA) is 9.23 Å². The Morgan fingerprint density at radius 1 is 0.947 bits per heavy atom. The predicted octanol–water partition coefficient (Wildman–Crippen LogP) is 4.94. The Morgan fingerprint density at radius 2 is 1.63 bits per heavy atom. The lowest BCUT2D eigenvalue weighted by Crippen LogP contribution is -1.96. The molecule has 0 radical (unpaired) electrons. The van der Waals surface area contributed by atoms with Gasteiger partial charge in [0, 0.05) is 5.56 Å². The number of benzene rings is 2. The van der Waals surface area contributed by atoms with Gasteiger partial charge in [-0.05, 0) is 17.5 Å². The molecule has 19 heavy (non-hydrogen) atoms. The van der Waals surface area contributed by atoms with Gasteiger partial charge in [-0.2, -0.15) is 0 Å². The van der Waals surface area contributed by atoms with Gasteiger partial charge >= 0.3 is 0 Å². The number of para-hydroxylation sites is 1. The van der Waals surface area contributed by atoms with Crippen molar-refractivity contribution >= 4 is 0 Å². The Hall–Kier alpha value is -2.02. The van der Waals surface area contributed by atoms with Gasteiger partial charge in [0.15, 0.2) is 0 Å². The number of ether oxygens (including phenoxy) is 1. The zero-order valence-electron chi connectivity index (χ0n) is 11.5. The molecule has 0 aliphatic carbocycles. The summed E-state index contributed by atoms with van der Waals surface area (Å²) < 4.78 is 5.86. The Morgan fingerprint density at radius 3 is 2.37 bits per heavy atom. The number of hydrogen-bond acceptors (Lipinski definition) is 1. The van der Waals surface area contributed by atoms with E-state index < -0.39 is 0 Å². The van der Waals surface area contributed by atoms with Crippen LogP contribution in [0.3, 0.4) is 0 Å². The van der Waals surface area contributed by atoms with Crippen LogP contribution in [-0.2, 0) is 0 Å². The van der Waals surface area contributed by atoms with Gasteiger partial charge in [-0.15, -0.1) is 0 Å². The van der Waals surface area contributed by atoms with Crippen LogP contribution in [0.1, 0.15) is 13.8 Å². The van der Waals surface area contributed by atoms with Crippen molar-refractivity contribution in [2.24, 2.45) is 5.92 Å². The van der Waals surface area contributed by atoms with E-state index in [0.717, 1.165) is 11.3 Å². The molecule has 0 saturated carbocycles. The zero-order chi connectivity index (χ0) is 13.5. The van der Waals surface area contributed by atoms with E-state index in [4.69, 9.17) is 4.74 Å². The third kappa shape index (κ3) is 3.99. The first kappa shape index (κ1) is 13.4. The molecule has 2 rings (SSSR count). The van der Waals surface area contributed by atoms with Gasteiger partial charge in [0.2, 0.25) is 0 Å². The Balaban J connectivity index is 2.13. The van der Waals surface area contributed by atoms with E-state index >= 15 is 0 Å². The number of rotatable bonds is 5. The fourth-order valence-electron chi connectivity index (χ4n) is 1.91. The quantitative estimate of drug-likeness (QED) is 0.684. The van der Waals surface area contributed by atoms with Gasteiger partial charge in [0.1, 0.15) is 12.4 Å². The molecule has 1 nitrogen and oxygen atoms in total. The highest BCUT2D eigenvalue weighted by molar-refractivity contribution is 5.70. The molecule has 0 fully saturated rings. The summed E-state index contributed by atoms with van der Waals surface area (Å²) in [7, 11) is 0. The highest BCUT2D eigenvalue weighted by Crippen LogP contribution is 2.29. The molecule has 0 aromatic heterocycles. The van der Waals surface area contributed by atoms with Crippen LogP contribution in [0.4, 0.5) is 0 Å². The van der Waals surface area contributed by atoms with Crippen molar-refractivity contribution in [1.82, 2.24) is 0 Å².